The highest BCUT2D eigenvalue weighted by Crippen LogP contribution is 2.47. The van der Waals surface area contributed by atoms with Crippen molar-refractivity contribution < 1.29 is 0 Å². The SMILES string of the molecule is CCCC(CC)(C(C)C)C(C)C(C)CC. The second-order valence-electron chi connectivity index (χ2n) is 5.67. The molecule has 0 aromatic rings. The molecular weight excluding hydrogens is 180 g/mol. The maximum absolute atomic E-state index is 2.48. The van der Waals surface area contributed by atoms with E-state index in [1.54, 1.807) is 0 Å². The second kappa shape index (κ2) is 6.55. The summed E-state index contributed by atoms with van der Waals surface area (Å²) in [7, 11) is 0. The van der Waals surface area contributed by atoms with E-state index >= 15 is 0 Å². The van der Waals surface area contributed by atoms with E-state index in [0.29, 0.717) is 5.41 Å². The maximum Gasteiger partial charge on any atom is -0.0249 e. The van der Waals surface area contributed by atoms with Crippen molar-refractivity contribution in [3.63, 3.8) is 0 Å². The predicted octanol–water partition coefficient (Wildman–Crippen LogP) is 5.52. The van der Waals surface area contributed by atoms with Crippen molar-refractivity contribution >= 4 is 0 Å². The van der Waals surface area contributed by atoms with Gasteiger partial charge in [0.2, 0.25) is 0 Å². The van der Waals surface area contributed by atoms with Crippen LogP contribution in [0.25, 0.3) is 0 Å². The van der Waals surface area contributed by atoms with E-state index in [2.05, 4.69) is 48.5 Å². The van der Waals surface area contributed by atoms with Crippen LogP contribution in [0, 0.1) is 23.2 Å². The highest BCUT2D eigenvalue weighted by atomic mass is 14.4. The van der Waals surface area contributed by atoms with Crippen LogP contribution in [0.2, 0.25) is 0 Å². The van der Waals surface area contributed by atoms with Gasteiger partial charge in [0.05, 0.1) is 0 Å². The Balaban J connectivity index is 4.88. The van der Waals surface area contributed by atoms with Crippen molar-refractivity contribution in [3.05, 3.63) is 0 Å². The largest absolute Gasteiger partial charge is 0.0654 e. The molecule has 0 aliphatic carbocycles. The molecule has 0 aromatic heterocycles. The summed E-state index contributed by atoms with van der Waals surface area (Å²) in [6.07, 6.45) is 5.38. The van der Waals surface area contributed by atoms with Crippen molar-refractivity contribution in [1.82, 2.24) is 0 Å². The molecule has 0 radical (unpaired) electrons. The van der Waals surface area contributed by atoms with E-state index in [4.69, 9.17) is 0 Å². The minimum Gasteiger partial charge on any atom is -0.0654 e. The van der Waals surface area contributed by atoms with E-state index in [9.17, 15) is 0 Å². The summed E-state index contributed by atoms with van der Waals surface area (Å²) >= 11 is 0. The van der Waals surface area contributed by atoms with E-state index < -0.39 is 0 Å². The predicted molar refractivity (Wildman–Crippen MR) is 71.1 cm³/mol. The zero-order chi connectivity index (χ0) is 12.1. The van der Waals surface area contributed by atoms with Crippen molar-refractivity contribution in [2.24, 2.45) is 23.2 Å². The highest BCUT2D eigenvalue weighted by molar-refractivity contribution is 4.87. The Morgan fingerprint density at radius 1 is 0.933 bits per heavy atom. The monoisotopic (exact) mass is 212 g/mol. The number of hydrogen-bond acceptors (Lipinski definition) is 0. The van der Waals surface area contributed by atoms with Gasteiger partial charge in [0, 0.05) is 0 Å². The zero-order valence-corrected chi connectivity index (χ0v) is 12.1. The van der Waals surface area contributed by atoms with Gasteiger partial charge in [-0.25, -0.2) is 0 Å². The van der Waals surface area contributed by atoms with Crippen LogP contribution in [0.1, 0.15) is 74.1 Å². The average Bonchev–Trinajstić information content (AvgIpc) is 2.23. The zero-order valence-electron chi connectivity index (χ0n) is 12.1. The van der Waals surface area contributed by atoms with Crippen LogP contribution in [0.15, 0.2) is 0 Å². The maximum atomic E-state index is 2.48. The van der Waals surface area contributed by atoms with Gasteiger partial charge in [-0.05, 0) is 36.0 Å². The molecule has 3 unspecified atom stereocenters. The molecule has 0 spiro atoms. The van der Waals surface area contributed by atoms with Crippen molar-refractivity contribution in [2.45, 2.75) is 74.1 Å². The third-order valence-electron chi connectivity index (χ3n) is 4.93. The van der Waals surface area contributed by atoms with Gasteiger partial charge < -0.3 is 0 Å². The molecule has 0 heteroatoms. The van der Waals surface area contributed by atoms with Crippen molar-refractivity contribution in [1.29, 1.82) is 0 Å². The second-order valence-corrected chi connectivity index (χ2v) is 5.67. The lowest BCUT2D eigenvalue weighted by molar-refractivity contribution is 0.0450. The van der Waals surface area contributed by atoms with E-state index in [1.807, 2.05) is 0 Å². The molecule has 0 amide bonds. The van der Waals surface area contributed by atoms with E-state index in [1.165, 1.54) is 25.7 Å². The Morgan fingerprint density at radius 2 is 1.47 bits per heavy atom. The molecule has 0 saturated carbocycles. The van der Waals surface area contributed by atoms with Crippen LogP contribution in [-0.4, -0.2) is 0 Å². The lowest BCUT2D eigenvalue weighted by Gasteiger charge is -2.45. The van der Waals surface area contributed by atoms with E-state index in [-0.39, 0.29) is 0 Å². The van der Waals surface area contributed by atoms with Crippen LogP contribution in [0.3, 0.4) is 0 Å². The van der Waals surface area contributed by atoms with Gasteiger partial charge in [0.15, 0.2) is 0 Å². The van der Waals surface area contributed by atoms with Gasteiger partial charge in [-0.2, -0.15) is 0 Å². The van der Waals surface area contributed by atoms with Crippen LogP contribution >= 0.6 is 0 Å². The van der Waals surface area contributed by atoms with Gasteiger partial charge in [-0.3, -0.25) is 0 Å². The Hall–Kier alpha value is 0. The first-order chi connectivity index (χ1) is 6.96. The summed E-state index contributed by atoms with van der Waals surface area (Å²) in [6, 6.07) is 0. The molecule has 0 saturated heterocycles. The third kappa shape index (κ3) is 3.23. The Kier molecular flexibility index (Phi) is 6.55. The van der Waals surface area contributed by atoms with Crippen LogP contribution in [0.4, 0.5) is 0 Å². The molecule has 0 aliphatic rings. The fourth-order valence-electron chi connectivity index (χ4n) is 3.33. The molecule has 3 atom stereocenters. The van der Waals surface area contributed by atoms with Crippen molar-refractivity contribution in [2.75, 3.05) is 0 Å². The van der Waals surface area contributed by atoms with Gasteiger partial charge in [-0.15, -0.1) is 0 Å². The minimum absolute atomic E-state index is 0.574. The fraction of sp³-hybridized carbons (Fsp3) is 1.00. The standard InChI is InChI=1S/C15H32/c1-8-11-15(10-3,12(4)5)14(7)13(6)9-2/h12-14H,8-11H2,1-7H3. The normalized spacial score (nSPS) is 20.0. The average molecular weight is 212 g/mol. The smallest absolute Gasteiger partial charge is 0.0249 e. The summed E-state index contributed by atoms with van der Waals surface area (Å²) < 4.78 is 0. The molecule has 0 N–H and O–H groups in total. The third-order valence-corrected chi connectivity index (χ3v) is 4.93. The van der Waals surface area contributed by atoms with Gasteiger partial charge in [0.1, 0.15) is 0 Å². The summed E-state index contributed by atoms with van der Waals surface area (Å²) in [5, 5.41) is 0. The first kappa shape index (κ1) is 15.0. The first-order valence-corrected chi connectivity index (χ1v) is 6.96. The molecule has 0 nitrogen and oxygen atoms in total. The Labute approximate surface area is 97.8 Å². The summed E-state index contributed by atoms with van der Waals surface area (Å²) in [4.78, 5) is 0. The van der Waals surface area contributed by atoms with Gasteiger partial charge in [-0.1, -0.05) is 61.3 Å². The number of hydrogen-bond donors (Lipinski definition) is 0. The first-order valence-electron chi connectivity index (χ1n) is 6.96. The molecule has 0 bridgehead atoms. The topological polar surface area (TPSA) is 0 Å². The Morgan fingerprint density at radius 3 is 1.73 bits per heavy atom. The highest BCUT2D eigenvalue weighted by Gasteiger charge is 2.38. The van der Waals surface area contributed by atoms with Gasteiger partial charge in [0.25, 0.3) is 0 Å². The lowest BCUT2D eigenvalue weighted by atomic mass is 9.60. The van der Waals surface area contributed by atoms with Crippen LogP contribution in [0.5, 0.6) is 0 Å². The molecule has 0 heterocycles. The molecule has 92 valence electrons. The van der Waals surface area contributed by atoms with Gasteiger partial charge >= 0.3 is 0 Å². The van der Waals surface area contributed by atoms with Crippen molar-refractivity contribution in [3.8, 4) is 0 Å². The summed E-state index contributed by atoms with van der Waals surface area (Å²) in [6.45, 7) is 16.8. The quantitative estimate of drug-likeness (QED) is 0.521. The summed E-state index contributed by atoms with van der Waals surface area (Å²) in [5.74, 6) is 2.53. The van der Waals surface area contributed by atoms with Crippen LogP contribution in [-0.2, 0) is 0 Å². The minimum atomic E-state index is 0.574. The molecule has 0 aromatic carbocycles. The number of rotatable bonds is 7. The fourth-order valence-corrected chi connectivity index (χ4v) is 3.33. The molecule has 15 heavy (non-hydrogen) atoms. The van der Waals surface area contributed by atoms with Crippen LogP contribution < -0.4 is 0 Å². The molecule has 0 rings (SSSR count). The molecule has 0 aliphatic heterocycles. The molecule has 0 fully saturated rings. The molecular formula is C15H32. The lowest BCUT2D eigenvalue weighted by Crippen LogP contribution is -2.37. The van der Waals surface area contributed by atoms with E-state index in [0.717, 1.165) is 17.8 Å². The Bertz CT molecular complexity index is 159. The summed E-state index contributed by atoms with van der Waals surface area (Å²) in [5.41, 5.74) is 0.574.